The van der Waals surface area contributed by atoms with Gasteiger partial charge in [-0.1, -0.05) is 40.9 Å². The van der Waals surface area contributed by atoms with E-state index in [1.54, 1.807) is 18.2 Å². The largest absolute Gasteiger partial charge is 0.307 e. The number of pyridine rings is 1. The third-order valence-electron chi connectivity index (χ3n) is 2.27. The summed E-state index contributed by atoms with van der Waals surface area (Å²) in [6.45, 7) is 0. The van der Waals surface area contributed by atoms with Crippen molar-refractivity contribution in [1.82, 2.24) is 4.98 Å². The molecular formula is C11H5Cl3N2O2. The number of nitro groups is 1. The minimum absolute atomic E-state index is 0.174. The molecule has 92 valence electrons. The molecular weight excluding hydrogens is 298 g/mol. The molecule has 0 saturated heterocycles. The second-order valence-corrected chi connectivity index (χ2v) is 4.56. The van der Waals surface area contributed by atoms with Gasteiger partial charge in [0, 0.05) is 33.4 Å². The van der Waals surface area contributed by atoms with E-state index in [1.807, 2.05) is 0 Å². The highest BCUT2D eigenvalue weighted by molar-refractivity contribution is 6.39. The summed E-state index contributed by atoms with van der Waals surface area (Å²) in [6, 6.07) is 6.26. The van der Waals surface area contributed by atoms with Crippen LogP contribution in [-0.2, 0) is 0 Å². The van der Waals surface area contributed by atoms with E-state index in [4.69, 9.17) is 34.8 Å². The normalized spacial score (nSPS) is 10.4. The zero-order valence-electron chi connectivity index (χ0n) is 8.73. The maximum Gasteiger partial charge on any atom is 0.307 e. The maximum absolute atomic E-state index is 10.8. The average Bonchev–Trinajstić information content (AvgIpc) is 2.30. The Hall–Kier alpha value is -1.36. The van der Waals surface area contributed by atoms with Crippen LogP contribution in [0.1, 0.15) is 0 Å². The van der Waals surface area contributed by atoms with E-state index in [0.717, 1.165) is 0 Å². The van der Waals surface area contributed by atoms with Crippen LogP contribution in [0.25, 0.3) is 11.1 Å². The molecule has 0 saturated carbocycles. The van der Waals surface area contributed by atoms with Crippen LogP contribution in [0, 0.1) is 10.1 Å². The van der Waals surface area contributed by atoms with E-state index in [2.05, 4.69) is 4.98 Å². The van der Waals surface area contributed by atoms with E-state index >= 15 is 0 Å². The number of nitrogens with zero attached hydrogens (tertiary/aromatic N) is 2. The quantitative estimate of drug-likeness (QED) is 0.462. The summed E-state index contributed by atoms with van der Waals surface area (Å²) >= 11 is 17.7. The van der Waals surface area contributed by atoms with Gasteiger partial charge in [0.05, 0.1) is 4.92 Å². The molecule has 0 aliphatic carbocycles. The Morgan fingerprint density at radius 2 is 1.78 bits per heavy atom. The van der Waals surface area contributed by atoms with Gasteiger partial charge in [0.25, 0.3) is 0 Å². The third-order valence-corrected chi connectivity index (χ3v) is 3.19. The second-order valence-electron chi connectivity index (χ2n) is 3.39. The Morgan fingerprint density at radius 3 is 2.33 bits per heavy atom. The van der Waals surface area contributed by atoms with E-state index in [9.17, 15) is 10.1 Å². The van der Waals surface area contributed by atoms with Crippen LogP contribution in [0.5, 0.6) is 0 Å². The van der Waals surface area contributed by atoms with Crippen molar-refractivity contribution in [2.75, 3.05) is 0 Å². The van der Waals surface area contributed by atoms with Gasteiger partial charge >= 0.3 is 5.69 Å². The van der Waals surface area contributed by atoms with Crippen LogP contribution in [0.4, 0.5) is 5.69 Å². The summed E-state index contributed by atoms with van der Waals surface area (Å²) in [7, 11) is 0. The molecule has 0 amide bonds. The lowest BCUT2D eigenvalue weighted by molar-refractivity contribution is -0.385. The molecule has 18 heavy (non-hydrogen) atoms. The Bertz CT molecular complexity index is 611. The second kappa shape index (κ2) is 5.10. The van der Waals surface area contributed by atoms with Gasteiger partial charge in [0.2, 0.25) is 5.15 Å². The van der Waals surface area contributed by atoms with Crippen LogP contribution in [0.15, 0.2) is 30.5 Å². The van der Waals surface area contributed by atoms with Crippen molar-refractivity contribution in [1.29, 1.82) is 0 Å². The Morgan fingerprint density at radius 1 is 1.17 bits per heavy atom. The van der Waals surface area contributed by atoms with Crippen LogP contribution >= 0.6 is 34.8 Å². The number of hydrogen-bond acceptors (Lipinski definition) is 3. The fourth-order valence-electron chi connectivity index (χ4n) is 1.47. The molecule has 0 aliphatic rings. The van der Waals surface area contributed by atoms with Crippen molar-refractivity contribution in [3.8, 4) is 11.1 Å². The molecule has 0 aliphatic heterocycles. The molecule has 0 bridgehead atoms. The first-order valence-electron chi connectivity index (χ1n) is 4.75. The summed E-state index contributed by atoms with van der Waals surface area (Å²) in [4.78, 5) is 13.9. The standard InChI is InChI=1S/C11H5Cl3N2O2/c12-7-2-1-3-8(13)10(7)6-4-9(16(17)18)11(14)15-5-6/h1-5H. The summed E-state index contributed by atoms with van der Waals surface area (Å²) in [6.07, 6.45) is 1.39. The van der Waals surface area contributed by atoms with Crippen molar-refractivity contribution < 1.29 is 4.92 Å². The monoisotopic (exact) mass is 302 g/mol. The minimum Gasteiger partial charge on any atom is -0.258 e. The Balaban J connectivity index is 2.65. The third kappa shape index (κ3) is 2.41. The summed E-state index contributed by atoms with van der Waals surface area (Å²) < 4.78 is 0. The summed E-state index contributed by atoms with van der Waals surface area (Å²) in [5.74, 6) is 0. The van der Waals surface area contributed by atoms with Crippen LogP contribution < -0.4 is 0 Å². The highest BCUT2D eigenvalue weighted by atomic mass is 35.5. The van der Waals surface area contributed by atoms with E-state index in [-0.39, 0.29) is 10.8 Å². The van der Waals surface area contributed by atoms with Crippen molar-refractivity contribution in [3.05, 3.63) is 55.8 Å². The van der Waals surface area contributed by atoms with Crippen molar-refractivity contribution in [3.63, 3.8) is 0 Å². The Kier molecular flexibility index (Phi) is 3.71. The van der Waals surface area contributed by atoms with Gasteiger partial charge in [-0.2, -0.15) is 0 Å². The first-order valence-corrected chi connectivity index (χ1v) is 5.88. The smallest absolute Gasteiger partial charge is 0.258 e. The topological polar surface area (TPSA) is 56.0 Å². The number of aromatic nitrogens is 1. The predicted octanol–water partition coefficient (Wildman–Crippen LogP) is 4.62. The Labute approximate surface area is 117 Å². The average molecular weight is 304 g/mol. The molecule has 2 aromatic rings. The van der Waals surface area contributed by atoms with Crippen molar-refractivity contribution in [2.24, 2.45) is 0 Å². The lowest BCUT2D eigenvalue weighted by atomic mass is 10.1. The highest BCUT2D eigenvalue weighted by Crippen LogP contribution is 2.36. The highest BCUT2D eigenvalue weighted by Gasteiger charge is 2.17. The van der Waals surface area contributed by atoms with Gasteiger partial charge in [0.15, 0.2) is 0 Å². The van der Waals surface area contributed by atoms with E-state index in [1.165, 1.54) is 12.3 Å². The minimum atomic E-state index is -0.608. The zero-order chi connectivity index (χ0) is 13.3. The molecule has 1 heterocycles. The zero-order valence-corrected chi connectivity index (χ0v) is 11.0. The number of halogens is 3. The molecule has 7 heteroatoms. The number of hydrogen-bond donors (Lipinski definition) is 0. The molecule has 0 fully saturated rings. The molecule has 2 rings (SSSR count). The van der Waals surface area contributed by atoms with Crippen LogP contribution in [0.3, 0.4) is 0 Å². The lowest BCUT2D eigenvalue weighted by Crippen LogP contribution is -1.93. The van der Waals surface area contributed by atoms with Gasteiger partial charge in [-0.3, -0.25) is 10.1 Å². The molecule has 1 aromatic heterocycles. The SMILES string of the molecule is O=[N+]([O-])c1cc(-c2c(Cl)cccc2Cl)cnc1Cl. The van der Waals surface area contributed by atoms with E-state index < -0.39 is 4.92 Å². The predicted molar refractivity (Wildman–Crippen MR) is 71.4 cm³/mol. The molecule has 0 radical (unpaired) electrons. The van der Waals surface area contributed by atoms with Gasteiger partial charge in [0.1, 0.15) is 0 Å². The van der Waals surface area contributed by atoms with Crippen LogP contribution in [-0.4, -0.2) is 9.91 Å². The molecule has 0 unspecified atom stereocenters. The first-order chi connectivity index (χ1) is 8.50. The van der Waals surface area contributed by atoms with Gasteiger partial charge < -0.3 is 0 Å². The number of benzene rings is 1. The van der Waals surface area contributed by atoms with E-state index in [0.29, 0.717) is 21.2 Å². The fraction of sp³-hybridized carbons (Fsp3) is 0. The van der Waals surface area contributed by atoms with Crippen molar-refractivity contribution in [2.45, 2.75) is 0 Å². The van der Waals surface area contributed by atoms with Gasteiger partial charge in [-0.25, -0.2) is 4.98 Å². The molecule has 0 N–H and O–H groups in total. The van der Waals surface area contributed by atoms with Gasteiger partial charge in [-0.15, -0.1) is 0 Å². The number of rotatable bonds is 2. The first kappa shape index (κ1) is 13.1. The summed E-state index contributed by atoms with van der Waals surface area (Å²) in [5.41, 5.74) is 0.653. The molecule has 0 atom stereocenters. The molecule has 0 spiro atoms. The van der Waals surface area contributed by atoms with Crippen LogP contribution in [0.2, 0.25) is 15.2 Å². The van der Waals surface area contributed by atoms with Crippen molar-refractivity contribution >= 4 is 40.5 Å². The summed E-state index contributed by atoms with van der Waals surface area (Å²) in [5, 5.41) is 11.4. The fourth-order valence-corrected chi connectivity index (χ4v) is 2.26. The molecule has 4 nitrogen and oxygen atoms in total. The maximum atomic E-state index is 10.8. The molecule has 1 aromatic carbocycles. The van der Waals surface area contributed by atoms with Gasteiger partial charge in [-0.05, 0) is 12.1 Å². The lowest BCUT2D eigenvalue weighted by Gasteiger charge is -2.06.